The van der Waals surface area contributed by atoms with Crippen LogP contribution in [0.2, 0.25) is 0 Å². The quantitative estimate of drug-likeness (QED) is 0.442. The van der Waals surface area contributed by atoms with E-state index in [-0.39, 0.29) is 5.91 Å². The number of carbonyl (C=O) groups excluding carboxylic acids is 1. The number of rotatable bonds is 5. The van der Waals surface area contributed by atoms with Crippen LogP contribution in [0.25, 0.3) is 5.57 Å². The summed E-state index contributed by atoms with van der Waals surface area (Å²) in [6.07, 6.45) is 6.59. The van der Waals surface area contributed by atoms with E-state index in [0.717, 1.165) is 56.7 Å². The van der Waals surface area contributed by atoms with Crippen molar-refractivity contribution in [1.29, 1.82) is 0 Å². The SMILES string of the molecule is O=C(C1=CCCc2ccccc21)N1C[C@H](CN2CCC(c3ccccc3)CC2)[C@@H](c2ccccc2)C1. The van der Waals surface area contributed by atoms with E-state index in [1.165, 1.54) is 29.5 Å². The van der Waals surface area contributed by atoms with Gasteiger partial charge in [-0.05, 0) is 72.9 Å². The standard InChI is InChI=1S/C33H36N2O/c36-33(31-17-9-15-27-14-7-8-16-30(27)31)35-23-29(32(24-35)28-12-5-2-6-13-28)22-34-20-18-26(19-21-34)25-10-3-1-4-11-25/h1-8,10-14,16-17,26,29,32H,9,15,18-24H2/t29-,32+/m0/s1. The number of aryl methyl sites for hydroxylation is 1. The maximum Gasteiger partial charge on any atom is 0.254 e. The summed E-state index contributed by atoms with van der Waals surface area (Å²) in [5.74, 6) is 1.74. The molecule has 0 aromatic heterocycles. The summed E-state index contributed by atoms with van der Waals surface area (Å²) in [6, 6.07) is 30.3. The number of hydrogen-bond acceptors (Lipinski definition) is 2. The fourth-order valence-corrected chi connectivity index (χ4v) is 6.66. The van der Waals surface area contributed by atoms with Gasteiger partial charge in [0, 0.05) is 31.1 Å². The maximum absolute atomic E-state index is 13.8. The number of fused-ring (bicyclic) bond motifs is 1. The van der Waals surface area contributed by atoms with Crippen molar-refractivity contribution < 1.29 is 4.79 Å². The molecule has 0 N–H and O–H groups in total. The highest BCUT2D eigenvalue weighted by atomic mass is 16.2. The van der Waals surface area contributed by atoms with Crippen molar-refractivity contribution >= 4 is 11.5 Å². The molecule has 3 aromatic rings. The first-order valence-electron chi connectivity index (χ1n) is 13.7. The van der Waals surface area contributed by atoms with Crippen molar-refractivity contribution in [2.24, 2.45) is 5.92 Å². The van der Waals surface area contributed by atoms with Gasteiger partial charge in [0.15, 0.2) is 0 Å². The molecule has 184 valence electrons. The summed E-state index contributed by atoms with van der Waals surface area (Å²) in [5, 5.41) is 0. The van der Waals surface area contributed by atoms with Gasteiger partial charge < -0.3 is 9.80 Å². The Bertz CT molecular complexity index is 1210. The number of hydrogen-bond donors (Lipinski definition) is 0. The molecule has 0 saturated carbocycles. The number of likely N-dealkylation sites (tertiary alicyclic amines) is 2. The zero-order valence-corrected chi connectivity index (χ0v) is 21.1. The van der Waals surface area contributed by atoms with Crippen LogP contribution in [0, 0.1) is 5.92 Å². The number of nitrogens with zero attached hydrogens (tertiary/aromatic N) is 2. The molecule has 0 spiro atoms. The smallest absolute Gasteiger partial charge is 0.254 e. The Morgan fingerprint density at radius 2 is 1.44 bits per heavy atom. The summed E-state index contributed by atoms with van der Waals surface area (Å²) in [4.78, 5) is 18.6. The molecule has 3 heteroatoms. The summed E-state index contributed by atoms with van der Waals surface area (Å²) < 4.78 is 0. The third-order valence-electron chi connectivity index (χ3n) is 8.61. The van der Waals surface area contributed by atoms with Gasteiger partial charge in [-0.1, -0.05) is 91.0 Å². The van der Waals surface area contributed by atoms with Gasteiger partial charge >= 0.3 is 0 Å². The van der Waals surface area contributed by atoms with Crippen LogP contribution in [0.3, 0.4) is 0 Å². The van der Waals surface area contributed by atoms with Crippen molar-refractivity contribution in [3.63, 3.8) is 0 Å². The van der Waals surface area contributed by atoms with Gasteiger partial charge in [0.2, 0.25) is 0 Å². The van der Waals surface area contributed by atoms with Crippen LogP contribution in [-0.2, 0) is 11.2 Å². The molecule has 1 aliphatic carbocycles. The first-order valence-corrected chi connectivity index (χ1v) is 13.7. The second-order valence-corrected chi connectivity index (χ2v) is 10.8. The third kappa shape index (κ3) is 4.77. The molecule has 6 rings (SSSR count). The normalized spacial score (nSPS) is 22.8. The predicted molar refractivity (Wildman–Crippen MR) is 147 cm³/mol. The molecule has 0 radical (unpaired) electrons. The lowest BCUT2D eigenvalue weighted by Crippen LogP contribution is -2.38. The number of piperidine rings is 1. The molecule has 1 amide bonds. The fraction of sp³-hybridized carbons (Fsp3) is 0.364. The first-order chi connectivity index (χ1) is 17.8. The maximum atomic E-state index is 13.8. The minimum Gasteiger partial charge on any atom is -0.338 e. The summed E-state index contributed by atoms with van der Waals surface area (Å²) in [7, 11) is 0. The highest BCUT2D eigenvalue weighted by Gasteiger charge is 2.38. The van der Waals surface area contributed by atoms with Gasteiger partial charge in [0.25, 0.3) is 5.91 Å². The van der Waals surface area contributed by atoms with Gasteiger partial charge in [-0.25, -0.2) is 0 Å². The average Bonchev–Trinajstić information content (AvgIpc) is 3.37. The van der Waals surface area contributed by atoms with Crippen LogP contribution < -0.4 is 0 Å². The lowest BCUT2D eigenvalue weighted by molar-refractivity contribution is -0.124. The largest absolute Gasteiger partial charge is 0.338 e. The molecule has 2 atom stereocenters. The zero-order chi connectivity index (χ0) is 24.3. The fourth-order valence-electron chi connectivity index (χ4n) is 6.66. The molecule has 0 unspecified atom stereocenters. The van der Waals surface area contributed by atoms with Crippen molar-refractivity contribution in [3.05, 3.63) is 113 Å². The zero-order valence-electron chi connectivity index (χ0n) is 21.1. The van der Waals surface area contributed by atoms with Crippen LogP contribution in [0.4, 0.5) is 0 Å². The second kappa shape index (κ2) is 10.4. The molecule has 3 aromatic carbocycles. The molecule has 3 aliphatic rings. The number of benzene rings is 3. The molecular weight excluding hydrogens is 440 g/mol. The number of allylic oxidation sites excluding steroid dienone is 1. The van der Waals surface area contributed by atoms with E-state index in [9.17, 15) is 4.79 Å². The molecule has 36 heavy (non-hydrogen) atoms. The van der Waals surface area contributed by atoms with Crippen LogP contribution >= 0.6 is 0 Å². The van der Waals surface area contributed by atoms with Gasteiger partial charge in [-0.2, -0.15) is 0 Å². The lowest BCUT2D eigenvalue weighted by Gasteiger charge is -2.34. The Labute approximate surface area is 215 Å². The highest BCUT2D eigenvalue weighted by Crippen LogP contribution is 2.37. The first kappa shape index (κ1) is 23.2. The molecule has 0 bridgehead atoms. The van der Waals surface area contributed by atoms with E-state index in [0.29, 0.717) is 17.8 Å². The van der Waals surface area contributed by atoms with Crippen LogP contribution in [0.1, 0.15) is 53.4 Å². The minimum atomic E-state index is 0.216. The summed E-state index contributed by atoms with van der Waals surface area (Å²) in [6.45, 7) is 5.01. The Kier molecular flexibility index (Phi) is 6.74. The van der Waals surface area contributed by atoms with Gasteiger partial charge in [-0.15, -0.1) is 0 Å². The highest BCUT2D eigenvalue weighted by molar-refractivity contribution is 6.20. The summed E-state index contributed by atoms with van der Waals surface area (Å²) in [5.41, 5.74) is 6.21. The van der Waals surface area contributed by atoms with Crippen molar-refractivity contribution in [2.75, 3.05) is 32.7 Å². The lowest BCUT2D eigenvalue weighted by atomic mass is 9.86. The Hall–Kier alpha value is -3.17. The molecule has 2 saturated heterocycles. The van der Waals surface area contributed by atoms with Gasteiger partial charge in [0.1, 0.15) is 0 Å². The van der Waals surface area contributed by atoms with Crippen molar-refractivity contribution in [1.82, 2.24) is 9.80 Å². The molecule has 2 fully saturated rings. The second-order valence-electron chi connectivity index (χ2n) is 10.8. The Balaban J connectivity index is 1.17. The van der Waals surface area contributed by atoms with Crippen LogP contribution in [-0.4, -0.2) is 48.4 Å². The van der Waals surface area contributed by atoms with E-state index >= 15 is 0 Å². The Morgan fingerprint density at radius 3 is 2.19 bits per heavy atom. The monoisotopic (exact) mass is 476 g/mol. The third-order valence-corrected chi connectivity index (χ3v) is 8.61. The molecule has 3 nitrogen and oxygen atoms in total. The van der Waals surface area contributed by atoms with Crippen LogP contribution in [0.15, 0.2) is 91.0 Å². The number of amides is 1. The molecular formula is C33H36N2O. The van der Waals surface area contributed by atoms with Gasteiger partial charge in [-0.3, -0.25) is 4.79 Å². The van der Waals surface area contributed by atoms with E-state index in [1.807, 2.05) is 0 Å². The molecule has 2 aliphatic heterocycles. The molecule has 2 heterocycles. The van der Waals surface area contributed by atoms with E-state index < -0.39 is 0 Å². The predicted octanol–water partition coefficient (Wildman–Crippen LogP) is 6.14. The van der Waals surface area contributed by atoms with E-state index in [4.69, 9.17) is 0 Å². The van der Waals surface area contributed by atoms with E-state index in [2.05, 4.69) is 101 Å². The summed E-state index contributed by atoms with van der Waals surface area (Å²) >= 11 is 0. The minimum absolute atomic E-state index is 0.216. The average molecular weight is 477 g/mol. The van der Waals surface area contributed by atoms with Crippen molar-refractivity contribution in [2.45, 2.75) is 37.5 Å². The van der Waals surface area contributed by atoms with Gasteiger partial charge in [0.05, 0.1) is 0 Å². The number of carbonyl (C=O) groups is 1. The van der Waals surface area contributed by atoms with Crippen molar-refractivity contribution in [3.8, 4) is 0 Å². The van der Waals surface area contributed by atoms with Crippen LogP contribution in [0.5, 0.6) is 0 Å². The van der Waals surface area contributed by atoms with E-state index in [1.54, 1.807) is 0 Å². The Morgan fingerprint density at radius 1 is 0.778 bits per heavy atom. The topological polar surface area (TPSA) is 23.6 Å².